The van der Waals surface area contributed by atoms with Crippen LogP contribution in [0.3, 0.4) is 0 Å². The molecule has 0 bridgehead atoms. The molecule has 0 saturated carbocycles. The number of hydrogen-bond acceptors (Lipinski definition) is 2. The molecule has 0 aliphatic rings. The lowest BCUT2D eigenvalue weighted by atomic mass is 10.1. The predicted molar refractivity (Wildman–Crippen MR) is 65.6 cm³/mol. The van der Waals surface area contributed by atoms with Gasteiger partial charge in [-0.05, 0) is 37.1 Å². The molecule has 0 saturated heterocycles. The minimum Gasteiger partial charge on any atom is -0.325 e. The van der Waals surface area contributed by atoms with Crippen molar-refractivity contribution in [1.29, 1.82) is 0 Å². The highest BCUT2D eigenvalue weighted by Gasteiger charge is 2.04. The van der Waals surface area contributed by atoms with Gasteiger partial charge in [0.05, 0.1) is 11.4 Å². The molecule has 0 atom stereocenters. The number of hydrogen-bond donors (Lipinski definition) is 1. The quantitative estimate of drug-likeness (QED) is 0.853. The largest absolute Gasteiger partial charge is 0.325 e. The van der Waals surface area contributed by atoms with E-state index in [1.54, 1.807) is 0 Å². The van der Waals surface area contributed by atoms with Gasteiger partial charge in [-0.2, -0.15) is 5.10 Å². The lowest BCUT2D eigenvalue weighted by Gasteiger charge is -2.05. The van der Waals surface area contributed by atoms with Gasteiger partial charge in [-0.25, -0.2) is 4.68 Å². The molecule has 0 amide bonds. The van der Waals surface area contributed by atoms with Crippen LogP contribution >= 0.6 is 0 Å². The van der Waals surface area contributed by atoms with Crippen molar-refractivity contribution >= 4 is 0 Å². The summed E-state index contributed by atoms with van der Waals surface area (Å²) >= 11 is 0. The summed E-state index contributed by atoms with van der Waals surface area (Å²) < 4.78 is 1.93. The average molecular weight is 215 g/mol. The van der Waals surface area contributed by atoms with E-state index in [2.05, 4.69) is 36.3 Å². The number of aromatic nitrogens is 2. The first-order chi connectivity index (χ1) is 7.74. The molecule has 3 heteroatoms. The van der Waals surface area contributed by atoms with Crippen LogP contribution in [0, 0.1) is 6.92 Å². The van der Waals surface area contributed by atoms with Crippen molar-refractivity contribution in [1.82, 2.24) is 9.78 Å². The fourth-order valence-corrected chi connectivity index (χ4v) is 1.77. The van der Waals surface area contributed by atoms with E-state index < -0.39 is 0 Å². The number of benzene rings is 1. The molecule has 0 aliphatic carbocycles. The van der Waals surface area contributed by atoms with Crippen molar-refractivity contribution in [2.45, 2.75) is 26.8 Å². The second kappa shape index (κ2) is 4.49. The van der Waals surface area contributed by atoms with Crippen LogP contribution in [-0.2, 0) is 13.0 Å². The summed E-state index contributed by atoms with van der Waals surface area (Å²) in [6.07, 6.45) is 1.06. The number of rotatable bonds is 3. The molecule has 0 spiro atoms. The van der Waals surface area contributed by atoms with E-state index in [4.69, 9.17) is 5.73 Å². The van der Waals surface area contributed by atoms with Crippen LogP contribution in [-0.4, -0.2) is 9.78 Å². The molecule has 2 rings (SSSR count). The third-order valence-corrected chi connectivity index (χ3v) is 2.74. The van der Waals surface area contributed by atoms with Crippen molar-refractivity contribution in [3.05, 3.63) is 47.3 Å². The van der Waals surface area contributed by atoms with Crippen LogP contribution in [0.15, 0.2) is 30.3 Å². The maximum atomic E-state index is 5.58. The SMILES string of the molecule is CCc1ccc(-n2nc(CN)cc2C)cc1. The van der Waals surface area contributed by atoms with Crippen molar-refractivity contribution in [2.24, 2.45) is 5.73 Å². The summed E-state index contributed by atoms with van der Waals surface area (Å²) in [4.78, 5) is 0. The lowest BCUT2D eigenvalue weighted by molar-refractivity contribution is 0.812. The van der Waals surface area contributed by atoms with Gasteiger partial charge >= 0.3 is 0 Å². The van der Waals surface area contributed by atoms with Crippen LogP contribution in [0.25, 0.3) is 5.69 Å². The second-order valence-corrected chi connectivity index (χ2v) is 3.91. The Kier molecular flexibility index (Phi) is 3.06. The van der Waals surface area contributed by atoms with Gasteiger partial charge in [-0.1, -0.05) is 19.1 Å². The van der Waals surface area contributed by atoms with Crippen molar-refractivity contribution < 1.29 is 0 Å². The summed E-state index contributed by atoms with van der Waals surface area (Å²) in [5, 5.41) is 4.45. The molecule has 0 radical (unpaired) electrons. The average Bonchev–Trinajstić information content (AvgIpc) is 2.71. The van der Waals surface area contributed by atoms with Crippen LogP contribution in [0.2, 0.25) is 0 Å². The van der Waals surface area contributed by atoms with E-state index in [1.807, 2.05) is 17.7 Å². The summed E-state index contributed by atoms with van der Waals surface area (Å²) in [6.45, 7) is 4.68. The van der Waals surface area contributed by atoms with Gasteiger partial charge in [0.25, 0.3) is 0 Å². The molecule has 1 heterocycles. The Morgan fingerprint density at radius 3 is 2.44 bits per heavy atom. The van der Waals surface area contributed by atoms with Gasteiger partial charge in [0, 0.05) is 12.2 Å². The maximum Gasteiger partial charge on any atom is 0.0767 e. The first-order valence-corrected chi connectivity index (χ1v) is 5.59. The molecule has 1 aromatic carbocycles. The Balaban J connectivity index is 2.38. The highest BCUT2D eigenvalue weighted by Crippen LogP contribution is 2.13. The van der Waals surface area contributed by atoms with E-state index in [1.165, 1.54) is 5.56 Å². The maximum absolute atomic E-state index is 5.58. The standard InChI is InChI=1S/C13H17N3/c1-3-11-4-6-13(7-5-11)16-10(2)8-12(9-14)15-16/h4-8H,3,9,14H2,1-2H3. The molecular formula is C13H17N3. The van der Waals surface area contributed by atoms with Gasteiger partial charge < -0.3 is 5.73 Å². The highest BCUT2D eigenvalue weighted by molar-refractivity contribution is 5.36. The first kappa shape index (κ1) is 10.9. The lowest BCUT2D eigenvalue weighted by Crippen LogP contribution is -2.01. The van der Waals surface area contributed by atoms with Crippen LogP contribution in [0.1, 0.15) is 23.9 Å². The first-order valence-electron chi connectivity index (χ1n) is 5.59. The third kappa shape index (κ3) is 1.99. The van der Waals surface area contributed by atoms with E-state index in [-0.39, 0.29) is 0 Å². The summed E-state index contributed by atoms with van der Waals surface area (Å²) in [5.74, 6) is 0. The summed E-state index contributed by atoms with van der Waals surface area (Å²) in [5.41, 5.74) is 10.1. The van der Waals surface area contributed by atoms with Gasteiger partial charge in [-0.15, -0.1) is 0 Å². The third-order valence-electron chi connectivity index (χ3n) is 2.74. The molecular weight excluding hydrogens is 198 g/mol. The fourth-order valence-electron chi connectivity index (χ4n) is 1.77. The van der Waals surface area contributed by atoms with E-state index in [0.29, 0.717) is 6.54 Å². The number of nitrogens with two attached hydrogens (primary N) is 1. The Morgan fingerprint density at radius 1 is 1.25 bits per heavy atom. The zero-order valence-corrected chi connectivity index (χ0v) is 9.77. The zero-order valence-electron chi connectivity index (χ0n) is 9.77. The molecule has 1 aromatic heterocycles. The van der Waals surface area contributed by atoms with Gasteiger partial charge in [0.2, 0.25) is 0 Å². The van der Waals surface area contributed by atoms with Crippen molar-refractivity contribution in [3.8, 4) is 5.69 Å². The molecule has 0 aliphatic heterocycles. The Bertz CT molecular complexity index is 468. The monoisotopic (exact) mass is 215 g/mol. The normalized spacial score (nSPS) is 10.7. The van der Waals surface area contributed by atoms with Crippen molar-refractivity contribution in [3.63, 3.8) is 0 Å². The Labute approximate surface area is 95.9 Å². The van der Waals surface area contributed by atoms with Gasteiger partial charge in [-0.3, -0.25) is 0 Å². The van der Waals surface area contributed by atoms with Gasteiger partial charge in [0.1, 0.15) is 0 Å². The van der Waals surface area contributed by atoms with Crippen molar-refractivity contribution in [2.75, 3.05) is 0 Å². The van der Waals surface area contributed by atoms with E-state index >= 15 is 0 Å². The minimum absolute atomic E-state index is 0.487. The Morgan fingerprint density at radius 2 is 1.94 bits per heavy atom. The Hall–Kier alpha value is -1.61. The zero-order chi connectivity index (χ0) is 11.5. The van der Waals surface area contributed by atoms with Crippen LogP contribution in [0.5, 0.6) is 0 Å². The molecule has 84 valence electrons. The van der Waals surface area contributed by atoms with E-state index in [9.17, 15) is 0 Å². The van der Waals surface area contributed by atoms with Gasteiger partial charge in [0.15, 0.2) is 0 Å². The number of aryl methyl sites for hydroxylation is 2. The second-order valence-electron chi connectivity index (χ2n) is 3.91. The number of nitrogens with zero attached hydrogens (tertiary/aromatic N) is 2. The fraction of sp³-hybridized carbons (Fsp3) is 0.308. The summed E-state index contributed by atoms with van der Waals surface area (Å²) in [6, 6.07) is 10.5. The summed E-state index contributed by atoms with van der Waals surface area (Å²) in [7, 11) is 0. The molecule has 16 heavy (non-hydrogen) atoms. The van der Waals surface area contributed by atoms with Crippen LogP contribution < -0.4 is 5.73 Å². The minimum atomic E-state index is 0.487. The molecule has 2 aromatic rings. The smallest absolute Gasteiger partial charge is 0.0767 e. The molecule has 0 fully saturated rings. The highest BCUT2D eigenvalue weighted by atomic mass is 15.3. The molecule has 3 nitrogen and oxygen atoms in total. The molecule has 2 N–H and O–H groups in total. The molecule has 0 unspecified atom stereocenters. The predicted octanol–water partition coefficient (Wildman–Crippen LogP) is 2.20. The topological polar surface area (TPSA) is 43.8 Å². The van der Waals surface area contributed by atoms with E-state index in [0.717, 1.165) is 23.5 Å². The van der Waals surface area contributed by atoms with Crippen LogP contribution in [0.4, 0.5) is 0 Å².